The summed E-state index contributed by atoms with van der Waals surface area (Å²) in [5, 5.41) is 4.41. The van der Waals surface area contributed by atoms with Crippen LogP contribution >= 0.6 is 15.9 Å². The van der Waals surface area contributed by atoms with E-state index in [1.807, 2.05) is 11.0 Å². The van der Waals surface area contributed by atoms with Gasteiger partial charge < -0.3 is 15.2 Å². The molecule has 5 aliphatic rings. The van der Waals surface area contributed by atoms with Gasteiger partial charge in [0.1, 0.15) is 11.1 Å². The first kappa shape index (κ1) is 16.2. The lowest BCUT2D eigenvalue weighted by Crippen LogP contribution is -2.84. The van der Waals surface area contributed by atoms with Crippen LogP contribution in [0.15, 0.2) is 22.7 Å². The molecule has 4 aliphatic heterocycles. The molecule has 2 amide bonds. The largest absolute Gasteiger partial charge is 0.358 e. The minimum atomic E-state index is -0.804. The predicted octanol–water partition coefficient (Wildman–Crippen LogP) is 3.01. The number of benzene rings is 1. The van der Waals surface area contributed by atoms with Crippen LogP contribution in [0.1, 0.15) is 44.4 Å². The van der Waals surface area contributed by atoms with Gasteiger partial charge in [0.25, 0.3) is 0 Å². The first-order valence-corrected chi connectivity index (χ1v) is 10.5. The van der Waals surface area contributed by atoms with Crippen LogP contribution in [0.25, 0.3) is 10.9 Å². The number of aromatic amines is 1. The Hall–Kier alpha value is -1.82. The normalized spacial score (nSPS) is 35.8. The van der Waals surface area contributed by atoms with Crippen LogP contribution < -0.4 is 5.32 Å². The molecule has 4 fully saturated rings. The molecule has 7 rings (SSSR count). The molecular formula is C21H22BrN3O2. The van der Waals surface area contributed by atoms with Crippen molar-refractivity contribution in [2.75, 3.05) is 6.54 Å². The smallest absolute Gasteiger partial charge is 0.249 e. The number of hydrogen-bond acceptors (Lipinski definition) is 2. The number of nitrogens with zero attached hydrogens (tertiary/aromatic N) is 1. The zero-order chi connectivity index (χ0) is 18.8. The van der Waals surface area contributed by atoms with Gasteiger partial charge in [-0.05, 0) is 37.0 Å². The first-order chi connectivity index (χ1) is 12.8. The van der Waals surface area contributed by atoms with Crippen LogP contribution in [0.2, 0.25) is 0 Å². The number of fused-ring (bicyclic) bond motifs is 4. The van der Waals surface area contributed by atoms with E-state index in [4.69, 9.17) is 0 Å². The maximum absolute atomic E-state index is 13.7. The highest BCUT2D eigenvalue weighted by Gasteiger charge is 2.72. The molecule has 0 radical (unpaired) electrons. The van der Waals surface area contributed by atoms with Crippen molar-refractivity contribution < 1.29 is 9.59 Å². The highest BCUT2D eigenvalue weighted by atomic mass is 79.9. The third-order valence-electron chi connectivity index (χ3n) is 7.85. The molecule has 5 nitrogen and oxygen atoms in total. The number of carbonyl (C=O) groups is 2. The van der Waals surface area contributed by atoms with Gasteiger partial charge in [0.15, 0.2) is 0 Å². The number of piperazine rings is 1. The van der Waals surface area contributed by atoms with Crippen molar-refractivity contribution in [2.45, 2.75) is 56.0 Å². The zero-order valence-corrected chi connectivity index (χ0v) is 17.1. The van der Waals surface area contributed by atoms with E-state index in [9.17, 15) is 9.59 Å². The van der Waals surface area contributed by atoms with Crippen LogP contribution in [0.3, 0.4) is 0 Å². The summed E-state index contributed by atoms with van der Waals surface area (Å²) in [5.41, 5.74) is 1.85. The summed E-state index contributed by atoms with van der Waals surface area (Å²) in [5.74, 6) is 0.312. The molecule has 5 heterocycles. The maximum Gasteiger partial charge on any atom is 0.249 e. The molecule has 1 aliphatic carbocycles. The number of halogens is 1. The predicted molar refractivity (Wildman–Crippen MR) is 105 cm³/mol. The second kappa shape index (κ2) is 4.59. The molecule has 2 N–H and O–H groups in total. The van der Waals surface area contributed by atoms with Crippen molar-refractivity contribution >= 4 is 38.6 Å². The molecule has 4 saturated heterocycles. The Morgan fingerprint density at radius 1 is 1.26 bits per heavy atom. The fraction of sp³-hybridized carbons (Fsp3) is 0.524. The summed E-state index contributed by atoms with van der Waals surface area (Å²) in [6, 6.07) is 6.25. The number of amides is 2. The average molecular weight is 428 g/mol. The van der Waals surface area contributed by atoms with E-state index in [1.165, 1.54) is 11.3 Å². The lowest BCUT2D eigenvalue weighted by molar-refractivity contribution is -0.179. The highest BCUT2D eigenvalue weighted by molar-refractivity contribution is 9.10. The van der Waals surface area contributed by atoms with Gasteiger partial charge in [-0.3, -0.25) is 9.59 Å². The lowest BCUT2D eigenvalue weighted by Gasteiger charge is -2.64. The summed E-state index contributed by atoms with van der Waals surface area (Å²) in [4.78, 5) is 32.3. The highest BCUT2D eigenvalue weighted by Crippen LogP contribution is 2.59. The summed E-state index contributed by atoms with van der Waals surface area (Å²) in [6.45, 7) is 5.19. The Morgan fingerprint density at radius 3 is 2.89 bits per heavy atom. The van der Waals surface area contributed by atoms with E-state index in [2.05, 4.69) is 52.2 Å². The Morgan fingerprint density at radius 2 is 2.07 bits per heavy atom. The van der Waals surface area contributed by atoms with Gasteiger partial charge in [-0.2, -0.15) is 0 Å². The molecule has 1 aromatic heterocycles. The molecule has 2 bridgehead atoms. The molecule has 2 aromatic rings. The monoisotopic (exact) mass is 427 g/mol. The first-order valence-electron chi connectivity index (χ1n) is 9.75. The molecule has 3 atom stereocenters. The molecule has 0 saturated carbocycles. The summed E-state index contributed by atoms with van der Waals surface area (Å²) in [7, 11) is 0. The van der Waals surface area contributed by atoms with E-state index in [1.54, 1.807) is 0 Å². The van der Waals surface area contributed by atoms with Gasteiger partial charge in [-0.25, -0.2) is 0 Å². The van der Waals surface area contributed by atoms with Gasteiger partial charge in [-0.15, -0.1) is 0 Å². The average Bonchev–Trinajstić information content (AvgIpc) is 3.19. The molecule has 6 heteroatoms. The van der Waals surface area contributed by atoms with Crippen LogP contribution in [0, 0.1) is 5.92 Å². The van der Waals surface area contributed by atoms with Crippen LogP contribution in [0.5, 0.6) is 0 Å². The fourth-order valence-electron chi connectivity index (χ4n) is 6.61. The minimum absolute atomic E-state index is 0.0673. The number of carbonyl (C=O) groups excluding carboxylic acids is 2. The number of aromatic nitrogens is 1. The SMILES string of the molecule is CC1(C)c2[nH]c3cc(Br)ccc3c2C[C@@]23NC(=O)[C@]4(CCCN4C2=O)C[C@@H]13. The molecule has 1 aromatic carbocycles. The van der Waals surface area contributed by atoms with Crippen molar-refractivity contribution in [1.29, 1.82) is 0 Å². The van der Waals surface area contributed by atoms with Gasteiger partial charge in [0.05, 0.1) is 0 Å². The Kier molecular flexibility index (Phi) is 2.75. The molecule has 2 spiro atoms. The number of piperidine rings is 2. The van der Waals surface area contributed by atoms with Crippen LogP contribution in [0.4, 0.5) is 0 Å². The van der Waals surface area contributed by atoms with E-state index in [-0.39, 0.29) is 23.1 Å². The Labute approximate surface area is 166 Å². The van der Waals surface area contributed by atoms with Crippen molar-refractivity contribution in [2.24, 2.45) is 5.92 Å². The molecule has 27 heavy (non-hydrogen) atoms. The number of rotatable bonds is 0. The van der Waals surface area contributed by atoms with Crippen LogP contribution in [-0.2, 0) is 21.4 Å². The van der Waals surface area contributed by atoms with Crippen molar-refractivity contribution in [3.05, 3.63) is 33.9 Å². The summed E-state index contributed by atoms with van der Waals surface area (Å²) >= 11 is 3.56. The molecular weight excluding hydrogens is 406 g/mol. The second-order valence-electron chi connectivity index (χ2n) is 9.34. The third-order valence-corrected chi connectivity index (χ3v) is 8.34. The van der Waals surface area contributed by atoms with Gasteiger partial charge >= 0.3 is 0 Å². The van der Waals surface area contributed by atoms with Crippen molar-refractivity contribution in [1.82, 2.24) is 15.2 Å². The molecule has 140 valence electrons. The number of hydrogen-bond donors (Lipinski definition) is 2. The quantitative estimate of drug-likeness (QED) is 0.678. The number of H-pyrrole nitrogens is 1. The second-order valence-corrected chi connectivity index (χ2v) is 10.3. The van der Waals surface area contributed by atoms with Gasteiger partial charge in [-0.1, -0.05) is 35.8 Å². The van der Waals surface area contributed by atoms with Crippen LogP contribution in [-0.4, -0.2) is 39.3 Å². The fourth-order valence-corrected chi connectivity index (χ4v) is 6.97. The van der Waals surface area contributed by atoms with E-state index in [0.717, 1.165) is 41.2 Å². The van der Waals surface area contributed by atoms with E-state index in [0.29, 0.717) is 6.42 Å². The van der Waals surface area contributed by atoms with E-state index >= 15 is 0 Å². The van der Waals surface area contributed by atoms with Gasteiger partial charge in [0.2, 0.25) is 11.8 Å². The number of nitrogens with one attached hydrogen (secondary N) is 2. The van der Waals surface area contributed by atoms with E-state index < -0.39 is 11.1 Å². The van der Waals surface area contributed by atoms with Gasteiger partial charge in [0, 0.05) is 45.4 Å². The molecule has 0 unspecified atom stereocenters. The Balaban J connectivity index is 1.63. The lowest BCUT2D eigenvalue weighted by atomic mass is 9.51. The van der Waals surface area contributed by atoms with Crippen molar-refractivity contribution in [3.8, 4) is 0 Å². The standard InChI is InChI=1S/C21H22BrN3O2/c1-19(2)15-10-20-6-3-7-25(20)18(27)21(15,24-17(20)26)9-13-12-5-4-11(22)8-14(12)23-16(13)19/h4-5,8,15,23H,3,6-7,9-10H2,1-2H3,(H,24,26)/t15-,20-,21-/m0/s1. The summed E-state index contributed by atoms with van der Waals surface area (Å²) < 4.78 is 1.03. The topological polar surface area (TPSA) is 65.2 Å². The maximum atomic E-state index is 13.7. The van der Waals surface area contributed by atoms with Crippen molar-refractivity contribution in [3.63, 3.8) is 0 Å². The zero-order valence-electron chi connectivity index (χ0n) is 15.5. The minimum Gasteiger partial charge on any atom is -0.358 e. The Bertz CT molecular complexity index is 1060. The third kappa shape index (κ3) is 1.64. The summed E-state index contributed by atoms with van der Waals surface area (Å²) in [6.07, 6.45) is 3.07.